The smallest absolute Gasteiger partial charge is 0.261 e. The summed E-state index contributed by atoms with van der Waals surface area (Å²) in [6, 6.07) is 0. The fourth-order valence-corrected chi connectivity index (χ4v) is 3.84. The van der Waals surface area contributed by atoms with Gasteiger partial charge in [0.15, 0.2) is 5.89 Å². The van der Waals surface area contributed by atoms with Crippen molar-refractivity contribution in [3.8, 4) is 0 Å². The predicted octanol–water partition coefficient (Wildman–Crippen LogP) is 2.11. The number of aromatic amines is 1. The van der Waals surface area contributed by atoms with Crippen LogP contribution in [0.25, 0.3) is 10.2 Å². The second-order valence-electron chi connectivity index (χ2n) is 5.94. The van der Waals surface area contributed by atoms with Gasteiger partial charge in [-0.1, -0.05) is 0 Å². The zero-order chi connectivity index (χ0) is 16.8. The Morgan fingerprint density at radius 1 is 1.50 bits per heavy atom. The normalized spacial score (nSPS) is 14.2. The number of nitrogens with one attached hydrogen (secondary N) is 2. The van der Waals surface area contributed by atoms with Crippen molar-refractivity contribution in [3.63, 3.8) is 0 Å². The van der Waals surface area contributed by atoms with Gasteiger partial charge < -0.3 is 14.7 Å². The molecule has 0 aromatic carbocycles. The van der Waals surface area contributed by atoms with Crippen molar-refractivity contribution in [3.05, 3.63) is 44.5 Å². The number of aromatic nitrogens is 3. The van der Waals surface area contributed by atoms with Gasteiger partial charge in [0.05, 0.1) is 22.9 Å². The van der Waals surface area contributed by atoms with Crippen molar-refractivity contribution in [2.24, 2.45) is 0 Å². The van der Waals surface area contributed by atoms with Crippen molar-refractivity contribution in [1.29, 1.82) is 0 Å². The van der Waals surface area contributed by atoms with E-state index in [4.69, 9.17) is 4.42 Å². The van der Waals surface area contributed by atoms with Crippen LogP contribution < -0.4 is 10.9 Å². The molecule has 1 aliphatic carbocycles. The van der Waals surface area contributed by atoms with Gasteiger partial charge in [-0.05, 0) is 25.3 Å². The van der Waals surface area contributed by atoms with Gasteiger partial charge in [0, 0.05) is 13.0 Å². The van der Waals surface area contributed by atoms with E-state index < -0.39 is 0 Å². The summed E-state index contributed by atoms with van der Waals surface area (Å²) in [7, 11) is 1.57. The molecule has 1 saturated carbocycles. The van der Waals surface area contributed by atoms with Gasteiger partial charge in [0.1, 0.15) is 16.4 Å². The maximum absolute atomic E-state index is 12.4. The molecule has 3 aromatic rings. The molecule has 4 rings (SSSR count). The van der Waals surface area contributed by atoms with Gasteiger partial charge >= 0.3 is 0 Å². The van der Waals surface area contributed by atoms with Crippen molar-refractivity contribution in [2.75, 3.05) is 7.05 Å². The summed E-state index contributed by atoms with van der Waals surface area (Å²) >= 11 is 1.23. The highest BCUT2D eigenvalue weighted by Crippen LogP contribution is 2.39. The van der Waals surface area contributed by atoms with E-state index in [9.17, 15) is 9.59 Å². The Morgan fingerprint density at radius 2 is 2.29 bits per heavy atom. The Bertz CT molecular complexity index is 997. The fourth-order valence-electron chi connectivity index (χ4n) is 2.69. The van der Waals surface area contributed by atoms with E-state index in [0.29, 0.717) is 44.6 Å². The minimum atomic E-state index is -0.235. The topological polar surface area (TPSA) is 101 Å². The SMILES string of the molecule is CNC(=O)c1sc2nc(Cc3cnc(C4CC4)o3)[nH]c(=O)c2c1C. The molecule has 0 unspecified atom stereocenters. The third kappa shape index (κ3) is 2.52. The average molecular weight is 344 g/mol. The van der Waals surface area contributed by atoms with Crippen molar-refractivity contribution in [2.45, 2.75) is 32.1 Å². The number of amides is 1. The zero-order valence-electron chi connectivity index (χ0n) is 13.3. The molecule has 0 saturated heterocycles. The summed E-state index contributed by atoms with van der Waals surface area (Å²) in [4.78, 5) is 36.9. The van der Waals surface area contributed by atoms with E-state index >= 15 is 0 Å². The average Bonchev–Trinajstić information content (AvgIpc) is 3.22. The summed E-state index contributed by atoms with van der Waals surface area (Å²) in [6.45, 7) is 1.76. The lowest BCUT2D eigenvalue weighted by atomic mass is 10.2. The molecule has 3 aromatic heterocycles. The van der Waals surface area contributed by atoms with E-state index in [2.05, 4.69) is 20.3 Å². The molecule has 0 spiro atoms. The quantitative estimate of drug-likeness (QED) is 0.755. The molecule has 0 atom stereocenters. The number of H-pyrrole nitrogens is 1. The van der Waals surface area contributed by atoms with Gasteiger partial charge in [-0.25, -0.2) is 9.97 Å². The number of fused-ring (bicyclic) bond motifs is 1. The molecule has 1 fully saturated rings. The number of oxazole rings is 1. The van der Waals surface area contributed by atoms with Crippen LogP contribution in [-0.2, 0) is 6.42 Å². The number of nitrogens with zero attached hydrogens (tertiary/aromatic N) is 2. The second-order valence-corrected chi connectivity index (χ2v) is 6.94. The van der Waals surface area contributed by atoms with Gasteiger partial charge in [-0.3, -0.25) is 9.59 Å². The molecule has 7 nitrogen and oxygen atoms in total. The predicted molar refractivity (Wildman–Crippen MR) is 89.7 cm³/mol. The van der Waals surface area contributed by atoms with Crippen LogP contribution in [0.3, 0.4) is 0 Å². The second kappa shape index (κ2) is 5.55. The third-order valence-electron chi connectivity index (χ3n) is 4.12. The van der Waals surface area contributed by atoms with E-state index in [0.717, 1.165) is 18.7 Å². The first kappa shape index (κ1) is 15.1. The van der Waals surface area contributed by atoms with Gasteiger partial charge in [-0.2, -0.15) is 0 Å². The highest BCUT2D eigenvalue weighted by atomic mass is 32.1. The molecule has 0 radical (unpaired) electrons. The lowest BCUT2D eigenvalue weighted by Crippen LogP contribution is -2.17. The monoisotopic (exact) mass is 344 g/mol. The van der Waals surface area contributed by atoms with Crippen LogP contribution in [0, 0.1) is 6.92 Å². The summed E-state index contributed by atoms with van der Waals surface area (Å²) in [5.41, 5.74) is 0.422. The number of carbonyl (C=O) groups excluding carboxylic acids is 1. The number of rotatable bonds is 4. The molecular formula is C16H16N4O3S. The fraction of sp³-hybridized carbons (Fsp3) is 0.375. The van der Waals surface area contributed by atoms with Crippen LogP contribution in [0.4, 0.5) is 0 Å². The molecule has 3 heterocycles. The third-order valence-corrected chi connectivity index (χ3v) is 5.31. The minimum absolute atomic E-state index is 0.208. The van der Waals surface area contributed by atoms with Gasteiger partial charge in [-0.15, -0.1) is 11.3 Å². The number of aryl methyl sites for hydroxylation is 1. The lowest BCUT2D eigenvalue weighted by molar-refractivity contribution is 0.0966. The maximum Gasteiger partial charge on any atom is 0.261 e. The Labute approximate surface area is 141 Å². The van der Waals surface area contributed by atoms with Gasteiger partial charge in [0.2, 0.25) is 0 Å². The van der Waals surface area contributed by atoms with Crippen LogP contribution in [0.1, 0.15) is 51.5 Å². The first-order valence-corrected chi connectivity index (χ1v) is 8.57. The van der Waals surface area contributed by atoms with Crippen LogP contribution in [-0.4, -0.2) is 27.9 Å². The summed E-state index contributed by atoms with van der Waals surface area (Å²) in [5, 5.41) is 3.06. The number of hydrogen-bond donors (Lipinski definition) is 2. The number of thiophene rings is 1. The Morgan fingerprint density at radius 3 is 3.00 bits per heavy atom. The zero-order valence-corrected chi connectivity index (χ0v) is 14.1. The molecule has 24 heavy (non-hydrogen) atoms. The largest absolute Gasteiger partial charge is 0.445 e. The Hall–Kier alpha value is -2.48. The van der Waals surface area contributed by atoms with E-state index in [1.54, 1.807) is 20.2 Å². The molecule has 2 N–H and O–H groups in total. The first-order chi connectivity index (χ1) is 11.6. The van der Waals surface area contributed by atoms with Gasteiger partial charge in [0.25, 0.3) is 11.5 Å². The van der Waals surface area contributed by atoms with Crippen LogP contribution in [0.15, 0.2) is 15.4 Å². The van der Waals surface area contributed by atoms with Crippen LogP contribution >= 0.6 is 11.3 Å². The Kier molecular flexibility index (Phi) is 3.49. The van der Waals surface area contributed by atoms with E-state index in [1.807, 2.05) is 0 Å². The summed E-state index contributed by atoms with van der Waals surface area (Å²) < 4.78 is 5.71. The molecule has 0 bridgehead atoms. The summed E-state index contributed by atoms with van der Waals surface area (Å²) in [6.07, 6.45) is 4.31. The molecular weight excluding hydrogens is 328 g/mol. The molecule has 0 aliphatic heterocycles. The number of carbonyl (C=O) groups is 1. The van der Waals surface area contributed by atoms with Crippen molar-refractivity contribution >= 4 is 27.5 Å². The molecule has 1 aliphatic rings. The van der Waals surface area contributed by atoms with E-state index in [1.165, 1.54) is 11.3 Å². The molecule has 124 valence electrons. The van der Waals surface area contributed by atoms with Crippen molar-refractivity contribution < 1.29 is 9.21 Å². The number of hydrogen-bond acceptors (Lipinski definition) is 6. The minimum Gasteiger partial charge on any atom is -0.445 e. The highest BCUT2D eigenvalue weighted by Gasteiger charge is 2.28. The first-order valence-electron chi connectivity index (χ1n) is 7.75. The molecule has 8 heteroatoms. The Balaban J connectivity index is 1.71. The molecule has 1 amide bonds. The van der Waals surface area contributed by atoms with Crippen molar-refractivity contribution in [1.82, 2.24) is 20.3 Å². The lowest BCUT2D eigenvalue weighted by Gasteiger charge is -1.98. The van der Waals surface area contributed by atoms with Crippen LogP contribution in [0.2, 0.25) is 0 Å². The van der Waals surface area contributed by atoms with E-state index in [-0.39, 0.29) is 11.5 Å². The highest BCUT2D eigenvalue weighted by molar-refractivity contribution is 7.20. The summed E-state index contributed by atoms with van der Waals surface area (Å²) in [5.74, 6) is 2.20. The maximum atomic E-state index is 12.4. The van der Waals surface area contributed by atoms with Crippen LogP contribution in [0.5, 0.6) is 0 Å². The standard InChI is InChI=1S/C16H16N4O3S/c1-7-11-13(21)19-10(20-16(11)24-12(7)14(22)17-2)5-9-6-18-15(23-9)8-3-4-8/h6,8H,3-5H2,1-2H3,(H,17,22)(H,19,20,21).